The lowest BCUT2D eigenvalue weighted by molar-refractivity contribution is -0.388. The first-order chi connectivity index (χ1) is 8.59. The van der Waals surface area contributed by atoms with E-state index in [0.29, 0.717) is 17.7 Å². The van der Waals surface area contributed by atoms with E-state index in [9.17, 15) is 10.1 Å². The van der Waals surface area contributed by atoms with Crippen molar-refractivity contribution in [3.05, 3.63) is 15.9 Å². The number of anilines is 1. The fourth-order valence-corrected chi connectivity index (χ4v) is 2.29. The van der Waals surface area contributed by atoms with Gasteiger partial charge in [0.1, 0.15) is 0 Å². The normalized spacial score (nSPS) is 19.1. The van der Waals surface area contributed by atoms with Crippen molar-refractivity contribution in [2.75, 3.05) is 18.4 Å². The van der Waals surface area contributed by atoms with Gasteiger partial charge in [0.25, 0.3) is 0 Å². The van der Waals surface area contributed by atoms with Crippen molar-refractivity contribution in [3.63, 3.8) is 0 Å². The number of nitrogens with zero attached hydrogens (tertiary/aromatic N) is 3. The lowest BCUT2D eigenvalue weighted by Crippen LogP contribution is -2.24. The highest BCUT2D eigenvalue weighted by Gasteiger charge is 2.23. The van der Waals surface area contributed by atoms with Crippen molar-refractivity contribution in [1.82, 2.24) is 14.9 Å². The van der Waals surface area contributed by atoms with Gasteiger partial charge in [-0.1, -0.05) is 0 Å². The molecule has 0 unspecified atom stereocenters. The Morgan fingerprint density at radius 1 is 1.67 bits per heavy atom. The molecule has 0 bridgehead atoms. The van der Waals surface area contributed by atoms with Gasteiger partial charge in [-0.15, -0.1) is 0 Å². The third-order valence-electron chi connectivity index (χ3n) is 3.42. The number of hydrogen-bond acceptors (Lipinski definition) is 5. The second-order valence-corrected chi connectivity index (χ2v) is 4.66. The smallest absolute Gasteiger partial charge is 0.364 e. The molecule has 7 heteroatoms. The molecule has 0 spiro atoms. The van der Waals surface area contributed by atoms with Gasteiger partial charge >= 0.3 is 5.82 Å². The fraction of sp³-hybridized carbons (Fsp3) is 0.727. The van der Waals surface area contributed by atoms with E-state index < -0.39 is 4.92 Å². The van der Waals surface area contributed by atoms with Crippen LogP contribution in [0.3, 0.4) is 0 Å². The molecule has 2 rings (SSSR count). The van der Waals surface area contributed by atoms with Crippen molar-refractivity contribution in [3.8, 4) is 0 Å². The quantitative estimate of drug-likeness (QED) is 0.608. The molecule has 1 aliphatic heterocycles. The largest absolute Gasteiger partial charge is 0.406 e. The van der Waals surface area contributed by atoms with Crippen molar-refractivity contribution in [2.24, 2.45) is 7.05 Å². The average Bonchev–Trinajstić information content (AvgIpc) is 2.92. The molecule has 0 amide bonds. The van der Waals surface area contributed by atoms with Crippen LogP contribution in [0, 0.1) is 17.0 Å². The molecular formula is C11H19N5O2. The van der Waals surface area contributed by atoms with Gasteiger partial charge in [-0.2, -0.15) is 0 Å². The molecule has 7 nitrogen and oxygen atoms in total. The Morgan fingerprint density at radius 2 is 2.44 bits per heavy atom. The molecule has 1 fully saturated rings. The van der Waals surface area contributed by atoms with Gasteiger partial charge in [-0.3, -0.25) is 4.57 Å². The fourth-order valence-electron chi connectivity index (χ4n) is 2.29. The summed E-state index contributed by atoms with van der Waals surface area (Å²) in [5.74, 6) is 1.05. The molecule has 2 heterocycles. The zero-order valence-corrected chi connectivity index (χ0v) is 10.8. The molecule has 1 aromatic heterocycles. The van der Waals surface area contributed by atoms with Crippen LogP contribution in [0.4, 0.5) is 11.6 Å². The minimum Gasteiger partial charge on any atom is -0.364 e. The van der Waals surface area contributed by atoms with Gasteiger partial charge in [0.15, 0.2) is 0 Å². The van der Waals surface area contributed by atoms with E-state index >= 15 is 0 Å². The Morgan fingerprint density at radius 3 is 3.06 bits per heavy atom. The van der Waals surface area contributed by atoms with Crippen LogP contribution in [0.25, 0.3) is 0 Å². The maximum Gasteiger partial charge on any atom is 0.406 e. The topological polar surface area (TPSA) is 85.0 Å². The number of hydrogen-bond donors (Lipinski definition) is 2. The monoisotopic (exact) mass is 253 g/mol. The number of rotatable bonds is 5. The first-order valence-corrected chi connectivity index (χ1v) is 6.24. The van der Waals surface area contributed by atoms with Crippen molar-refractivity contribution in [2.45, 2.75) is 32.2 Å². The highest BCUT2D eigenvalue weighted by Crippen LogP contribution is 2.23. The Hall–Kier alpha value is -1.63. The molecule has 1 aromatic rings. The van der Waals surface area contributed by atoms with Crippen molar-refractivity contribution >= 4 is 11.6 Å². The molecule has 1 aliphatic rings. The third-order valence-corrected chi connectivity index (χ3v) is 3.42. The lowest BCUT2D eigenvalue weighted by atomic mass is 10.1. The number of nitro groups is 1. The number of nitrogens with one attached hydrogen (secondary N) is 2. The van der Waals surface area contributed by atoms with Crippen molar-refractivity contribution in [1.29, 1.82) is 0 Å². The molecule has 1 atom stereocenters. The molecule has 0 aliphatic carbocycles. The summed E-state index contributed by atoms with van der Waals surface area (Å²) < 4.78 is 1.72. The first kappa shape index (κ1) is 12.8. The summed E-state index contributed by atoms with van der Waals surface area (Å²) in [6.07, 6.45) is 3.38. The number of aryl methyl sites for hydroxylation is 1. The molecular weight excluding hydrogens is 234 g/mol. The molecule has 0 radical (unpaired) electrons. The Balaban J connectivity index is 1.97. The van der Waals surface area contributed by atoms with Crippen LogP contribution in [-0.2, 0) is 7.05 Å². The average molecular weight is 253 g/mol. The van der Waals surface area contributed by atoms with E-state index in [-0.39, 0.29) is 5.82 Å². The summed E-state index contributed by atoms with van der Waals surface area (Å²) in [5.41, 5.74) is 0. The predicted octanol–water partition coefficient (Wildman–Crippen LogP) is 1.19. The maximum absolute atomic E-state index is 10.9. The molecule has 1 saturated heterocycles. The van der Waals surface area contributed by atoms with Gasteiger partial charge < -0.3 is 20.7 Å². The van der Waals surface area contributed by atoms with Gasteiger partial charge in [0.05, 0.1) is 0 Å². The van der Waals surface area contributed by atoms with Crippen LogP contribution < -0.4 is 10.6 Å². The summed E-state index contributed by atoms with van der Waals surface area (Å²) in [5, 5.41) is 17.4. The molecule has 100 valence electrons. The summed E-state index contributed by atoms with van der Waals surface area (Å²) in [7, 11) is 1.78. The summed E-state index contributed by atoms with van der Waals surface area (Å²) in [6, 6.07) is 0.533. The zero-order chi connectivity index (χ0) is 13.1. The minimum absolute atomic E-state index is 0.0885. The summed E-state index contributed by atoms with van der Waals surface area (Å²) in [4.78, 5) is 14.4. The first-order valence-electron chi connectivity index (χ1n) is 6.24. The van der Waals surface area contributed by atoms with Gasteiger partial charge in [-0.05, 0) is 35.7 Å². The standard InChI is InChI=1S/C11H19N5O2/c1-8-14-11(16(17)18)10(15(8)2)13-7-5-9-4-3-6-12-9/h9,12-13H,3-7H2,1-2H3/t9-/m0/s1. The molecule has 0 saturated carbocycles. The molecule has 18 heavy (non-hydrogen) atoms. The second-order valence-electron chi connectivity index (χ2n) is 4.66. The van der Waals surface area contributed by atoms with Crippen LogP contribution in [-0.4, -0.2) is 33.6 Å². The molecule has 0 aromatic carbocycles. The van der Waals surface area contributed by atoms with Crippen LogP contribution in [0.5, 0.6) is 0 Å². The number of aromatic nitrogens is 2. The van der Waals surface area contributed by atoms with Gasteiger partial charge in [0, 0.05) is 26.6 Å². The van der Waals surface area contributed by atoms with Crippen LogP contribution in [0.2, 0.25) is 0 Å². The molecule has 2 N–H and O–H groups in total. The highest BCUT2D eigenvalue weighted by molar-refractivity contribution is 5.53. The Kier molecular flexibility index (Phi) is 3.81. The van der Waals surface area contributed by atoms with Crippen LogP contribution in [0.15, 0.2) is 0 Å². The van der Waals surface area contributed by atoms with E-state index in [1.165, 1.54) is 12.8 Å². The SMILES string of the molecule is Cc1nc([N+](=O)[O-])c(NCC[C@@H]2CCCN2)n1C. The maximum atomic E-state index is 10.9. The summed E-state index contributed by atoms with van der Waals surface area (Å²) in [6.45, 7) is 3.56. The third kappa shape index (κ3) is 2.61. The predicted molar refractivity (Wildman–Crippen MR) is 68.7 cm³/mol. The van der Waals surface area contributed by atoms with Gasteiger partial charge in [-0.25, -0.2) is 0 Å². The van der Waals surface area contributed by atoms with Crippen LogP contribution in [0.1, 0.15) is 25.1 Å². The van der Waals surface area contributed by atoms with Crippen LogP contribution >= 0.6 is 0 Å². The van der Waals surface area contributed by atoms with E-state index in [4.69, 9.17) is 0 Å². The van der Waals surface area contributed by atoms with E-state index in [1.54, 1.807) is 18.5 Å². The lowest BCUT2D eigenvalue weighted by Gasteiger charge is -2.11. The Labute approximate surface area is 106 Å². The van der Waals surface area contributed by atoms with Gasteiger partial charge in [0.2, 0.25) is 11.6 Å². The zero-order valence-electron chi connectivity index (χ0n) is 10.8. The number of imidazole rings is 1. The van der Waals surface area contributed by atoms with E-state index in [2.05, 4.69) is 15.6 Å². The summed E-state index contributed by atoms with van der Waals surface area (Å²) >= 11 is 0. The minimum atomic E-state index is -0.441. The van der Waals surface area contributed by atoms with E-state index in [1.807, 2.05) is 0 Å². The van der Waals surface area contributed by atoms with E-state index in [0.717, 1.165) is 19.5 Å². The van der Waals surface area contributed by atoms with Crippen molar-refractivity contribution < 1.29 is 4.92 Å². The second kappa shape index (κ2) is 5.34. The Bertz CT molecular complexity index is 437. The highest BCUT2D eigenvalue weighted by atomic mass is 16.6.